The maximum Gasteiger partial charge on any atom is 0.136 e. The van der Waals surface area contributed by atoms with E-state index in [0.29, 0.717) is 12.1 Å². The van der Waals surface area contributed by atoms with Crippen molar-refractivity contribution in [3.63, 3.8) is 0 Å². The first-order valence-electron chi connectivity index (χ1n) is 12.0. The van der Waals surface area contributed by atoms with Gasteiger partial charge in [-0.25, -0.2) is 0 Å². The van der Waals surface area contributed by atoms with Crippen molar-refractivity contribution in [1.29, 1.82) is 5.26 Å². The second-order valence-corrected chi connectivity index (χ2v) is 9.84. The van der Waals surface area contributed by atoms with Crippen LogP contribution in [0.25, 0.3) is 44.0 Å². The number of nitrogens with zero attached hydrogens (tertiary/aromatic N) is 2. The van der Waals surface area contributed by atoms with Gasteiger partial charge in [0.15, 0.2) is 0 Å². The Balaban J connectivity index is 1.41. The summed E-state index contributed by atoms with van der Waals surface area (Å²) in [7, 11) is 0. The quantitative estimate of drug-likeness (QED) is 0.287. The van der Waals surface area contributed by atoms with Gasteiger partial charge in [-0.3, -0.25) is 4.98 Å². The number of nitriles is 1. The molecule has 6 aromatic rings. The Morgan fingerprint density at radius 3 is 2.36 bits per heavy atom. The second kappa shape index (κ2) is 8.25. The van der Waals surface area contributed by atoms with Crippen molar-refractivity contribution in [3.05, 3.63) is 108 Å². The Hall–Kier alpha value is -4.62. The molecular weight excluding hydrogens is 442 g/mol. The molecule has 4 aromatic carbocycles. The summed E-state index contributed by atoms with van der Waals surface area (Å²) in [5.74, 6) is 0. The highest BCUT2D eigenvalue weighted by Gasteiger charge is 2.19. The normalized spacial score (nSPS) is 11.8. The molecule has 0 bridgehead atoms. The fourth-order valence-electron chi connectivity index (χ4n) is 4.85. The standard InChI is InChI=1S/C32H25N3O/c1-32(2,19-33)23-11-7-20(8-12-23)15-26-27-16-21(10-14-29(27)35-18-28(26)34)22-9-13-25-24-5-3-4-6-30(24)36-31(25)17-22/h3-14,16-18H,15,34H2,1-2H3. The van der Waals surface area contributed by atoms with E-state index >= 15 is 0 Å². The lowest BCUT2D eigenvalue weighted by Crippen LogP contribution is -2.13. The Bertz CT molecular complexity index is 1800. The number of fused-ring (bicyclic) bond motifs is 4. The molecule has 0 aliphatic rings. The Labute approximate surface area is 209 Å². The summed E-state index contributed by atoms with van der Waals surface area (Å²) in [6.07, 6.45) is 2.43. The van der Waals surface area contributed by atoms with E-state index in [1.54, 1.807) is 6.20 Å². The monoisotopic (exact) mass is 467 g/mol. The molecule has 0 spiro atoms. The molecule has 4 nitrogen and oxygen atoms in total. The molecule has 2 N–H and O–H groups in total. The largest absolute Gasteiger partial charge is 0.456 e. The third-order valence-corrected chi connectivity index (χ3v) is 7.06. The summed E-state index contributed by atoms with van der Waals surface area (Å²) in [4.78, 5) is 4.57. The zero-order valence-corrected chi connectivity index (χ0v) is 20.2. The van der Waals surface area contributed by atoms with Crippen LogP contribution in [0.5, 0.6) is 0 Å². The topological polar surface area (TPSA) is 75.8 Å². The average Bonchev–Trinajstić information content (AvgIpc) is 3.28. The van der Waals surface area contributed by atoms with Crippen molar-refractivity contribution in [3.8, 4) is 17.2 Å². The molecule has 0 unspecified atom stereocenters. The fraction of sp³-hybridized carbons (Fsp3) is 0.125. The van der Waals surface area contributed by atoms with Crippen LogP contribution < -0.4 is 5.73 Å². The van der Waals surface area contributed by atoms with Gasteiger partial charge in [-0.1, -0.05) is 54.6 Å². The first kappa shape index (κ1) is 21.9. The highest BCUT2D eigenvalue weighted by Crippen LogP contribution is 2.34. The number of hydrogen-bond acceptors (Lipinski definition) is 4. The highest BCUT2D eigenvalue weighted by molar-refractivity contribution is 6.06. The van der Waals surface area contributed by atoms with E-state index in [1.165, 1.54) is 0 Å². The molecule has 2 aromatic heterocycles. The number of nitrogens with two attached hydrogens (primary N) is 1. The number of furan rings is 1. The van der Waals surface area contributed by atoms with Gasteiger partial charge in [0.25, 0.3) is 0 Å². The number of hydrogen-bond donors (Lipinski definition) is 1. The lowest BCUT2D eigenvalue weighted by molar-refractivity contribution is 0.669. The van der Waals surface area contributed by atoms with Crippen LogP contribution in [0.2, 0.25) is 0 Å². The molecule has 0 saturated carbocycles. The van der Waals surface area contributed by atoms with Crippen LogP contribution in [0.3, 0.4) is 0 Å². The van der Waals surface area contributed by atoms with Crippen LogP contribution in [-0.4, -0.2) is 4.98 Å². The number of pyridine rings is 1. The predicted octanol–water partition coefficient (Wildman–Crippen LogP) is 7.78. The van der Waals surface area contributed by atoms with Gasteiger partial charge in [0.05, 0.1) is 28.9 Å². The number of aromatic nitrogens is 1. The van der Waals surface area contributed by atoms with Gasteiger partial charge in [0.1, 0.15) is 11.2 Å². The molecule has 36 heavy (non-hydrogen) atoms. The van der Waals surface area contributed by atoms with Crippen molar-refractivity contribution >= 4 is 38.5 Å². The number of nitrogen functional groups attached to an aromatic ring is 1. The highest BCUT2D eigenvalue weighted by atomic mass is 16.3. The molecule has 0 aliphatic heterocycles. The van der Waals surface area contributed by atoms with E-state index in [1.807, 2.05) is 44.2 Å². The number of rotatable bonds is 4. The van der Waals surface area contributed by atoms with Crippen LogP contribution >= 0.6 is 0 Å². The second-order valence-electron chi connectivity index (χ2n) is 9.84. The lowest BCUT2D eigenvalue weighted by Gasteiger charge is -2.16. The zero-order chi connectivity index (χ0) is 24.9. The van der Waals surface area contributed by atoms with E-state index in [2.05, 4.69) is 65.7 Å². The SMILES string of the molecule is CC(C)(C#N)c1ccc(Cc2c(N)cnc3ccc(-c4ccc5c(c4)oc4ccccc45)cc23)cc1. The summed E-state index contributed by atoms with van der Waals surface area (Å²) in [6, 6.07) is 31.4. The first-order valence-corrected chi connectivity index (χ1v) is 12.0. The van der Waals surface area contributed by atoms with Crippen molar-refractivity contribution in [2.45, 2.75) is 25.7 Å². The summed E-state index contributed by atoms with van der Waals surface area (Å²) < 4.78 is 6.11. The van der Waals surface area contributed by atoms with E-state index in [4.69, 9.17) is 10.2 Å². The van der Waals surface area contributed by atoms with Crippen molar-refractivity contribution in [1.82, 2.24) is 4.98 Å². The van der Waals surface area contributed by atoms with Gasteiger partial charge in [0.2, 0.25) is 0 Å². The van der Waals surface area contributed by atoms with Gasteiger partial charge in [-0.15, -0.1) is 0 Å². The molecule has 0 saturated heterocycles. The van der Waals surface area contributed by atoms with Crippen molar-refractivity contribution < 1.29 is 4.42 Å². The van der Waals surface area contributed by atoms with E-state index in [0.717, 1.165) is 60.7 Å². The Morgan fingerprint density at radius 2 is 1.56 bits per heavy atom. The van der Waals surface area contributed by atoms with Gasteiger partial charge < -0.3 is 10.2 Å². The van der Waals surface area contributed by atoms with Crippen LogP contribution in [0.15, 0.2) is 95.5 Å². The molecule has 6 rings (SSSR count). The third-order valence-electron chi connectivity index (χ3n) is 7.06. The maximum absolute atomic E-state index is 9.44. The van der Waals surface area contributed by atoms with Crippen LogP contribution in [-0.2, 0) is 11.8 Å². The van der Waals surface area contributed by atoms with Crippen LogP contribution in [0.1, 0.15) is 30.5 Å². The third kappa shape index (κ3) is 3.66. The molecule has 0 fully saturated rings. The van der Waals surface area contributed by atoms with Gasteiger partial charge in [-0.05, 0) is 72.0 Å². The van der Waals surface area contributed by atoms with Crippen molar-refractivity contribution in [2.75, 3.05) is 5.73 Å². The average molecular weight is 468 g/mol. The Morgan fingerprint density at radius 1 is 0.833 bits per heavy atom. The van der Waals surface area contributed by atoms with Gasteiger partial charge in [-0.2, -0.15) is 5.26 Å². The summed E-state index contributed by atoms with van der Waals surface area (Å²) in [5, 5.41) is 12.7. The predicted molar refractivity (Wildman–Crippen MR) is 147 cm³/mol. The maximum atomic E-state index is 9.44. The van der Waals surface area contributed by atoms with Gasteiger partial charge >= 0.3 is 0 Å². The molecule has 0 atom stereocenters. The number of para-hydroxylation sites is 1. The minimum Gasteiger partial charge on any atom is -0.456 e. The molecule has 4 heteroatoms. The minimum absolute atomic E-state index is 0.517. The summed E-state index contributed by atoms with van der Waals surface area (Å²) >= 11 is 0. The number of benzene rings is 4. The summed E-state index contributed by atoms with van der Waals surface area (Å²) in [6.45, 7) is 3.86. The molecule has 0 aliphatic carbocycles. The summed E-state index contributed by atoms with van der Waals surface area (Å²) in [5.41, 5.74) is 14.7. The van der Waals surface area contributed by atoms with Crippen LogP contribution in [0, 0.1) is 11.3 Å². The van der Waals surface area contributed by atoms with Crippen LogP contribution in [0.4, 0.5) is 5.69 Å². The van der Waals surface area contributed by atoms with Gasteiger partial charge in [0, 0.05) is 22.6 Å². The first-order chi connectivity index (χ1) is 17.4. The molecular formula is C32H25N3O. The van der Waals surface area contributed by atoms with Crippen molar-refractivity contribution in [2.24, 2.45) is 0 Å². The van der Waals surface area contributed by atoms with E-state index < -0.39 is 5.41 Å². The van der Waals surface area contributed by atoms with E-state index in [9.17, 15) is 5.26 Å². The minimum atomic E-state index is -0.517. The zero-order valence-electron chi connectivity index (χ0n) is 20.2. The molecule has 2 heterocycles. The number of anilines is 1. The Kier molecular flexibility index (Phi) is 5.01. The molecule has 0 radical (unpaired) electrons. The molecule has 0 amide bonds. The van der Waals surface area contributed by atoms with E-state index in [-0.39, 0.29) is 0 Å². The molecule has 174 valence electrons. The smallest absolute Gasteiger partial charge is 0.136 e. The lowest BCUT2D eigenvalue weighted by atomic mass is 9.85. The fourth-order valence-corrected chi connectivity index (χ4v) is 4.85.